The predicted octanol–water partition coefficient (Wildman–Crippen LogP) is 4.79. The van der Waals surface area contributed by atoms with Crippen LogP contribution in [0, 0.1) is 6.92 Å². The van der Waals surface area contributed by atoms with E-state index in [9.17, 15) is 9.32 Å². The van der Waals surface area contributed by atoms with E-state index in [1.54, 1.807) is 18.4 Å². The van der Waals surface area contributed by atoms with E-state index in [2.05, 4.69) is 10.0 Å². The maximum Gasteiger partial charge on any atom is 0.183 e. The van der Waals surface area contributed by atoms with Gasteiger partial charge in [0.1, 0.15) is 16.7 Å². The Morgan fingerprint density at radius 2 is 1.90 bits per heavy atom. The van der Waals surface area contributed by atoms with Crippen molar-refractivity contribution in [3.63, 3.8) is 0 Å². The Kier molecular flexibility index (Phi) is 7.63. The molecule has 31 heavy (non-hydrogen) atoms. The average molecular weight is 464 g/mol. The summed E-state index contributed by atoms with van der Waals surface area (Å²) in [5.41, 5.74) is 1.98. The second-order valence-electron chi connectivity index (χ2n) is 8.68. The number of nitrogens with one attached hydrogen (secondary N) is 2. The molecule has 8 heteroatoms. The molecule has 6 nitrogen and oxygen atoms in total. The molecule has 2 saturated carbocycles. The number of nitrogens with zero attached hydrogens (tertiary/aromatic N) is 1. The van der Waals surface area contributed by atoms with Crippen LogP contribution in [0.2, 0.25) is 0 Å². The smallest absolute Gasteiger partial charge is 0.183 e. The van der Waals surface area contributed by atoms with E-state index >= 15 is 0 Å². The first-order chi connectivity index (χ1) is 15.0. The highest BCUT2D eigenvalue weighted by Crippen LogP contribution is 2.37. The molecule has 0 bridgehead atoms. The third-order valence-electron chi connectivity index (χ3n) is 6.28. The van der Waals surface area contributed by atoms with E-state index in [0.29, 0.717) is 23.1 Å². The van der Waals surface area contributed by atoms with Crippen LogP contribution in [0.25, 0.3) is 10.4 Å². The average Bonchev–Trinajstić information content (AvgIpc) is 3.13. The van der Waals surface area contributed by atoms with Gasteiger partial charge in [0.2, 0.25) is 0 Å². The number of ether oxygens (including phenoxy) is 1. The molecule has 2 aliphatic carbocycles. The molecule has 2 aliphatic rings. The quantitative estimate of drug-likeness (QED) is 0.550. The number of benzene rings is 1. The monoisotopic (exact) mass is 463 g/mol. The predicted molar refractivity (Wildman–Crippen MR) is 127 cm³/mol. The van der Waals surface area contributed by atoms with Crippen LogP contribution >= 0.6 is 11.3 Å². The van der Waals surface area contributed by atoms with Crippen LogP contribution in [0.3, 0.4) is 0 Å². The third kappa shape index (κ3) is 5.66. The van der Waals surface area contributed by atoms with Crippen molar-refractivity contribution >= 4 is 27.5 Å². The van der Waals surface area contributed by atoms with Crippen LogP contribution in [0.5, 0.6) is 5.75 Å². The highest BCUT2D eigenvalue weighted by atomic mass is 32.2. The molecular weight excluding hydrogens is 430 g/mol. The molecule has 170 valence electrons. The third-order valence-corrected chi connectivity index (χ3v) is 8.68. The van der Waals surface area contributed by atoms with Gasteiger partial charge in [0.25, 0.3) is 0 Å². The fraction of sp³-hybridized carbons (Fsp3) is 0.609. The van der Waals surface area contributed by atoms with Gasteiger partial charge in [-0.3, -0.25) is 0 Å². The molecule has 1 aromatic heterocycles. The summed E-state index contributed by atoms with van der Waals surface area (Å²) in [6.07, 6.45) is 9.34. The molecule has 0 spiro atoms. The number of aliphatic hydroxyl groups is 1. The van der Waals surface area contributed by atoms with Gasteiger partial charge < -0.3 is 15.2 Å². The summed E-state index contributed by atoms with van der Waals surface area (Å²) in [6, 6.07) is 6.41. The van der Waals surface area contributed by atoms with Crippen molar-refractivity contribution in [2.24, 2.45) is 0 Å². The Morgan fingerprint density at radius 3 is 2.65 bits per heavy atom. The zero-order valence-electron chi connectivity index (χ0n) is 18.4. The molecule has 3 unspecified atom stereocenters. The maximum absolute atomic E-state index is 13.1. The molecule has 2 aromatic rings. The maximum atomic E-state index is 13.1. The molecule has 1 aromatic carbocycles. The van der Waals surface area contributed by atoms with Gasteiger partial charge in [0, 0.05) is 12.1 Å². The van der Waals surface area contributed by atoms with Gasteiger partial charge in [-0.05, 0) is 69.2 Å². The van der Waals surface area contributed by atoms with E-state index in [4.69, 9.17) is 9.72 Å². The van der Waals surface area contributed by atoms with Crippen molar-refractivity contribution in [3.05, 3.63) is 23.9 Å². The lowest BCUT2D eigenvalue weighted by molar-refractivity contribution is 0.117. The van der Waals surface area contributed by atoms with E-state index in [-0.39, 0.29) is 12.1 Å². The zero-order valence-corrected chi connectivity index (χ0v) is 20.0. The second kappa shape index (κ2) is 10.4. The highest BCUT2D eigenvalue weighted by Gasteiger charge is 2.24. The lowest BCUT2D eigenvalue weighted by atomic mass is 9.94. The summed E-state index contributed by atoms with van der Waals surface area (Å²) in [4.78, 5) is 6.48. The highest BCUT2D eigenvalue weighted by molar-refractivity contribution is 7.83. The van der Waals surface area contributed by atoms with Gasteiger partial charge in [-0.1, -0.05) is 30.6 Å². The first-order valence-electron chi connectivity index (χ1n) is 11.3. The van der Waals surface area contributed by atoms with Crippen LogP contribution in [-0.2, 0) is 11.0 Å². The van der Waals surface area contributed by atoms with Crippen molar-refractivity contribution in [1.82, 2.24) is 9.71 Å². The molecule has 0 aliphatic heterocycles. The van der Waals surface area contributed by atoms with Crippen molar-refractivity contribution in [3.8, 4) is 16.2 Å². The fourth-order valence-corrected chi connectivity index (χ4v) is 6.85. The summed E-state index contributed by atoms with van der Waals surface area (Å²) >= 11 is 1.66. The molecule has 2 fully saturated rings. The molecule has 1 heterocycles. The minimum atomic E-state index is -1.41. The summed E-state index contributed by atoms with van der Waals surface area (Å²) in [7, 11) is 0.187. The van der Waals surface area contributed by atoms with Gasteiger partial charge in [0.15, 0.2) is 5.13 Å². The van der Waals surface area contributed by atoms with Gasteiger partial charge in [-0.15, -0.1) is 0 Å². The largest absolute Gasteiger partial charge is 0.495 e. The number of anilines is 1. The summed E-state index contributed by atoms with van der Waals surface area (Å²) in [5, 5.41) is 14.5. The molecule has 3 atom stereocenters. The fourth-order valence-electron chi connectivity index (χ4n) is 4.60. The minimum Gasteiger partial charge on any atom is -0.495 e. The zero-order chi connectivity index (χ0) is 21.8. The van der Waals surface area contributed by atoms with Crippen LogP contribution in [-0.4, -0.2) is 39.6 Å². The molecule has 4 rings (SSSR count). The van der Waals surface area contributed by atoms with Crippen molar-refractivity contribution in [2.75, 3.05) is 12.4 Å². The Bertz CT molecular complexity index is 911. The van der Waals surface area contributed by atoms with Crippen LogP contribution in [0.1, 0.15) is 63.5 Å². The topological polar surface area (TPSA) is 83.5 Å². The Labute approximate surface area is 191 Å². The number of rotatable bonds is 7. The first-order valence-corrected chi connectivity index (χ1v) is 13.3. The molecule has 3 N–H and O–H groups in total. The van der Waals surface area contributed by atoms with Gasteiger partial charge in [0.05, 0.1) is 28.7 Å². The molecule has 0 amide bonds. The van der Waals surface area contributed by atoms with E-state index in [1.165, 1.54) is 32.1 Å². The van der Waals surface area contributed by atoms with Crippen molar-refractivity contribution < 1.29 is 14.1 Å². The van der Waals surface area contributed by atoms with Crippen LogP contribution in [0.4, 0.5) is 5.13 Å². The Balaban J connectivity index is 1.53. The number of hydrogen-bond donors (Lipinski definition) is 3. The number of methoxy groups -OCH3 is 1. The number of thiazole rings is 1. The SMILES string of the molecule is COc1ccc(-c2sc(NC3CCCCC3)nc2C)cc1S(=O)NC1CCCC(O)C1. The van der Waals surface area contributed by atoms with Crippen LogP contribution < -0.4 is 14.8 Å². The number of aliphatic hydroxyl groups excluding tert-OH is 1. The first kappa shape index (κ1) is 22.7. The van der Waals surface area contributed by atoms with E-state index in [0.717, 1.165) is 40.5 Å². The molecule has 0 radical (unpaired) electrons. The van der Waals surface area contributed by atoms with Crippen LogP contribution in [0.15, 0.2) is 23.1 Å². The normalized spacial score (nSPS) is 23.5. The van der Waals surface area contributed by atoms with Crippen molar-refractivity contribution in [1.29, 1.82) is 0 Å². The van der Waals surface area contributed by atoms with Gasteiger partial charge in [-0.2, -0.15) is 0 Å². The summed E-state index contributed by atoms with van der Waals surface area (Å²) < 4.78 is 21.8. The number of hydrogen-bond acceptors (Lipinski definition) is 6. The number of aromatic nitrogens is 1. The van der Waals surface area contributed by atoms with E-state index in [1.807, 2.05) is 25.1 Å². The van der Waals surface area contributed by atoms with Gasteiger partial charge in [-0.25, -0.2) is 13.9 Å². The minimum absolute atomic E-state index is 0.0504. The molecular formula is C23H33N3O3S2. The lowest BCUT2D eigenvalue weighted by Crippen LogP contribution is -2.37. The van der Waals surface area contributed by atoms with Crippen molar-refractivity contribution in [2.45, 2.75) is 87.8 Å². The lowest BCUT2D eigenvalue weighted by Gasteiger charge is -2.26. The number of aryl methyl sites for hydroxylation is 1. The second-order valence-corrected chi connectivity index (χ2v) is 10.9. The Morgan fingerprint density at radius 1 is 1.13 bits per heavy atom. The Hall–Kier alpha value is -1.48. The van der Waals surface area contributed by atoms with E-state index < -0.39 is 11.0 Å². The molecule has 0 saturated heterocycles. The summed E-state index contributed by atoms with van der Waals surface area (Å²) in [6.45, 7) is 2.03. The standard InChI is InChI=1S/C23H33N3O3S2/c1-15-22(30-23(24-15)25-17-7-4-3-5-8-17)16-11-12-20(29-2)21(13-16)31(28)26-18-9-6-10-19(27)14-18/h11-13,17-19,26-27H,3-10,14H2,1-2H3,(H,24,25). The summed E-state index contributed by atoms with van der Waals surface area (Å²) in [5.74, 6) is 0.605. The van der Waals surface area contributed by atoms with Gasteiger partial charge >= 0.3 is 0 Å².